The van der Waals surface area contributed by atoms with E-state index < -0.39 is 133 Å². The summed E-state index contributed by atoms with van der Waals surface area (Å²) >= 11 is 19.5. The molecule has 12 rings (SSSR count). The molecule has 3 aliphatic heterocycles. The molecule has 1 aliphatic carbocycles. The molecule has 3 fully saturated rings. The number of halogens is 3. The first-order valence-electron chi connectivity index (χ1n) is 36.1. The highest BCUT2D eigenvalue weighted by molar-refractivity contribution is 6.76. The molecule has 0 bridgehead atoms. The minimum Gasteiger partial charge on any atom is -0.460 e. The maximum Gasteiger partial charge on any atom is 0.407 e. The van der Waals surface area contributed by atoms with Gasteiger partial charge in [0.05, 0.1) is 66.1 Å². The van der Waals surface area contributed by atoms with E-state index in [4.69, 9.17) is 101 Å². The summed E-state index contributed by atoms with van der Waals surface area (Å²) in [4.78, 5) is 45.6. The highest BCUT2D eigenvalue weighted by atomic mass is 35.6. The van der Waals surface area contributed by atoms with Crippen LogP contribution in [0, 0.1) is 0 Å². The summed E-state index contributed by atoms with van der Waals surface area (Å²) in [6, 6.07) is 67.2. The summed E-state index contributed by atoms with van der Waals surface area (Å²) < 4.78 is 91.5. The van der Waals surface area contributed by atoms with Gasteiger partial charge < -0.3 is 87.2 Å². The van der Waals surface area contributed by atoms with Crippen LogP contribution in [-0.2, 0) is 116 Å². The molecular weight excluding hydrogens is 1480 g/mol. The molecule has 578 valence electrons. The second-order valence-electron chi connectivity index (χ2n) is 26.5. The van der Waals surface area contributed by atoms with Crippen LogP contribution in [0.5, 0.6) is 0 Å². The molecule has 2 amide bonds. The van der Waals surface area contributed by atoms with E-state index in [1.54, 1.807) is 0 Å². The van der Waals surface area contributed by atoms with Gasteiger partial charge in [0.15, 0.2) is 24.9 Å². The number of rotatable bonds is 36. The number of fused-ring (bicyclic) bond motifs is 3. The van der Waals surface area contributed by atoms with E-state index in [2.05, 4.69) is 27.2 Å². The van der Waals surface area contributed by atoms with Crippen molar-refractivity contribution in [2.45, 2.75) is 147 Å². The number of azide groups is 1. The van der Waals surface area contributed by atoms with Crippen LogP contribution in [0.25, 0.3) is 21.6 Å². The van der Waals surface area contributed by atoms with Gasteiger partial charge in [0, 0.05) is 10.8 Å². The third kappa shape index (κ3) is 21.7. The van der Waals surface area contributed by atoms with Crippen molar-refractivity contribution in [3.63, 3.8) is 0 Å². The average Bonchev–Trinajstić information content (AvgIpc) is 1.31. The largest absolute Gasteiger partial charge is 0.460 e. The van der Waals surface area contributed by atoms with Crippen LogP contribution in [-0.4, -0.2) is 170 Å². The molecule has 110 heavy (non-hydrogen) atoms. The number of aliphatic hydroxyl groups is 2. The smallest absolute Gasteiger partial charge is 0.407 e. The number of carbonyl (C=O) groups is 3. The van der Waals surface area contributed by atoms with Crippen molar-refractivity contribution in [2.75, 3.05) is 39.6 Å². The number of ether oxygens (including phenoxy) is 14. The SMILES string of the molecule is C=CCOC(=O)[C@H](CO[C@H]1O[C@H](CO)[C@H](O)[C@H](O[C@@H]2O[C@H](COCc3ccccc3)[C@@H](O[C@@H]3O[C@H](COCc4ccccc4)[C@H](OCc4ccccc4)[C@H](OCc4ccccc4)[C@H]3OCc3ccccc3)[C@H](OCc3ccccc3)[C@H]2NC(=O)C(Cl)(Cl)Cl)[C@H]1N=[N+]=[N-])NC(=O)OCC1c2ccccc2-c2ccccc21. The van der Waals surface area contributed by atoms with Crippen LogP contribution in [0.2, 0.25) is 0 Å². The van der Waals surface area contributed by atoms with Crippen molar-refractivity contribution in [3.05, 3.63) is 298 Å². The molecule has 4 N–H and O–H groups in total. The fourth-order valence-electron chi connectivity index (χ4n) is 13.6. The summed E-state index contributed by atoms with van der Waals surface area (Å²) in [5, 5.41) is 32.9. The van der Waals surface area contributed by atoms with Gasteiger partial charge in [-0.15, -0.1) is 0 Å². The van der Waals surface area contributed by atoms with E-state index >= 15 is 0 Å². The van der Waals surface area contributed by atoms with Gasteiger partial charge >= 0.3 is 12.1 Å². The molecular formula is C83H86Cl3N5O19. The summed E-state index contributed by atoms with van der Waals surface area (Å²) in [5.41, 5.74) is 19.1. The maximum absolute atomic E-state index is 14.7. The Kier molecular flexibility index (Phi) is 29.8. The lowest BCUT2D eigenvalue weighted by Crippen LogP contribution is -2.70. The minimum absolute atomic E-state index is 0.00548. The average molecular weight is 1560 g/mol. The predicted octanol–water partition coefficient (Wildman–Crippen LogP) is 12.2. The fourth-order valence-corrected chi connectivity index (χ4v) is 13.8. The lowest BCUT2D eigenvalue weighted by Gasteiger charge is -2.51. The number of alkyl carbamates (subject to hydrolysis) is 1. The van der Waals surface area contributed by atoms with Crippen LogP contribution < -0.4 is 10.6 Å². The third-order valence-corrected chi connectivity index (χ3v) is 19.5. The standard InChI is InChI=1S/C83H86Cl3N5O19/c1-2-41-99-77(94)64(88-82(96)105-49-63-61-39-23-21-37-59(61)60-38-22-24-40-62(60)63)50-104-78-69(90-91-87)73(70(93)65(42-92)106-78)110-79-68(89-81(95)83(84,85)86)74(101-46-56-31-15-6-16-32-56)72(67(107-79)52-98-44-54-27-11-4-12-28-54)109-80-76(103-48-58-35-19-8-20-36-58)75(102-47-57-33-17-7-18-34-57)71(100-45-55-29-13-5-14-30-55)66(108-80)51-97-43-53-25-9-3-10-26-53/h2-40,63-76,78-80,92-93H,1,41-52H2,(H,88,96)(H,89,95)/t64-,65+,66+,67+,68+,69+,70-,71-,72+,73+,74+,75-,76+,78-,79-,80-/m0/s1. The number of esters is 1. The summed E-state index contributed by atoms with van der Waals surface area (Å²) in [6.45, 7) is 1.40. The number of benzene rings is 8. The van der Waals surface area contributed by atoms with Gasteiger partial charge in [0.1, 0.15) is 86.3 Å². The Balaban J connectivity index is 0.910. The predicted molar refractivity (Wildman–Crippen MR) is 405 cm³/mol. The van der Waals surface area contributed by atoms with Crippen molar-refractivity contribution in [1.29, 1.82) is 0 Å². The van der Waals surface area contributed by atoms with Crippen molar-refractivity contribution in [1.82, 2.24) is 10.6 Å². The molecule has 0 unspecified atom stereocenters. The zero-order valence-corrected chi connectivity index (χ0v) is 62.1. The summed E-state index contributed by atoms with van der Waals surface area (Å²) in [5.74, 6) is -2.54. The van der Waals surface area contributed by atoms with Crippen LogP contribution in [0.1, 0.15) is 50.4 Å². The van der Waals surface area contributed by atoms with E-state index in [0.717, 1.165) is 50.1 Å². The number of hydrogen-bond donors (Lipinski definition) is 4. The minimum atomic E-state index is -2.68. The monoisotopic (exact) mass is 1560 g/mol. The van der Waals surface area contributed by atoms with Crippen LogP contribution in [0.4, 0.5) is 4.79 Å². The Morgan fingerprint density at radius 2 is 0.936 bits per heavy atom. The maximum atomic E-state index is 14.7. The molecule has 8 aromatic carbocycles. The van der Waals surface area contributed by atoms with Gasteiger partial charge in [-0.2, -0.15) is 0 Å². The Morgan fingerprint density at radius 1 is 0.509 bits per heavy atom. The van der Waals surface area contributed by atoms with Crippen molar-refractivity contribution >= 4 is 52.8 Å². The lowest BCUT2D eigenvalue weighted by atomic mass is 9.93. The van der Waals surface area contributed by atoms with E-state index in [0.29, 0.717) is 5.56 Å². The van der Waals surface area contributed by atoms with Gasteiger partial charge in [-0.05, 0) is 61.2 Å². The highest BCUT2D eigenvalue weighted by Crippen LogP contribution is 2.45. The summed E-state index contributed by atoms with van der Waals surface area (Å²) in [7, 11) is 0. The topological polar surface area (TPSA) is 294 Å². The molecule has 16 atom stereocenters. The second kappa shape index (κ2) is 40.5. The number of nitrogens with one attached hydrogen (secondary N) is 2. The molecule has 0 radical (unpaired) electrons. The van der Waals surface area contributed by atoms with Gasteiger partial charge in [-0.3, -0.25) is 4.79 Å². The zero-order chi connectivity index (χ0) is 76.6. The molecule has 0 spiro atoms. The molecule has 4 aliphatic rings. The first kappa shape index (κ1) is 80.8. The van der Waals surface area contributed by atoms with E-state index in [1.165, 1.54) is 6.08 Å². The normalized spacial score (nSPS) is 24.7. The first-order chi connectivity index (χ1) is 53.7. The van der Waals surface area contributed by atoms with Gasteiger partial charge in [-0.1, -0.05) is 283 Å². The quantitative estimate of drug-likeness (QED) is 0.00708. The third-order valence-electron chi connectivity index (χ3n) is 19.0. The Hall–Kier alpha value is -8.67. The molecule has 3 saturated heterocycles. The number of amides is 2. The highest BCUT2D eigenvalue weighted by Gasteiger charge is 2.57. The Morgan fingerprint density at radius 3 is 1.42 bits per heavy atom. The first-order valence-corrected chi connectivity index (χ1v) is 37.2. The number of carbonyl (C=O) groups excluding carboxylic acids is 3. The number of hydrogen-bond acceptors (Lipinski definition) is 20. The molecule has 27 heteroatoms. The van der Waals surface area contributed by atoms with Gasteiger partial charge in [-0.25, -0.2) is 9.59 Å². The van der Waals surface area contributed by atoms with Gasteiger partial charge in [0.2, 0.25) is 0 Å². The second-order valence-corrected chi connectivity index (χ2v) is 28.8. The van der Waals surface area contributed by atoms with Crippen molar-refractivity contribution < 1.29 is 90.9 Å². The number of aliphatic hydroxyl groups excluding tert-OH is 2. The number of alkyl halides is 3. The number of nitrogens with zero attached hydrogens (tertiary/aromatic N) is 3. The zero-order valence-electron chi connectivity index (χ0n) is 59.8. The van der Waals surface area contributed by atoms with E-state index in [1.807, 2.05) is 231 Å². The van der Waals surface area contributed by atoms with Crippen LogP contribution in [0.3, 0.4) is 0 Å². The fraction of sp³-hybridized carbons (Fsp3) is 0.361. The van der Waals surface area contributed by atoms with Crippen molar-refractivity contribution in [3.8, 4) is 11.1 Å². The Labute approximate surface area is 652 Å². The molecule has 8 aromatic rings. The lowest BCUT2D eigenvalue weighted by molar-refractivity contribution is -0.373. The Bertz CT molecular complexity index is 4200. The molecule has 0 aromatic heterocycles. The van der Waals surface area contributed by atoms with E-state index in [9.17, 15) is 30.1 Å². The van der Waals surface area contributed by atoms with Gasteiger partial charge in [0.25, 0.3) is 9.70 Å². The van der Waals surface area contributed by atoms with Crippen LogP contribution in [0.15, 0.2) is 248 Å². The van der Waals surface area contributed by atoms with Crippen molar-refractivity contribution in [2.24, 2.45) is 5.11 Å². The summed E-state index contributed by atoms with van der Waals surface area (Å²) in [6.07, 6.45) is -18.7. The molecule has 3 heterocycles. The van der Waals surface area contributed by atoms with Crippen LogP contribution >= 0.6 is 34.8 Å². The molecule has 24 nitrogen and oxygen atoms in total. The van der Waals surface area contributed by atoms with E-state index in [-0.39, 0.29) is 72.0 Å². The molecule has 0 saturated carbocycles.